The molecule has 0 bridgehead atoms. The van der Waals surface area contributed by atoms with E-state index >= 15 is 0 Å². The highest BCUT2D eigenvalue weighted by Crippen LogP contribution is 2.18. The summed E-state index contributed by atoms with van der Waals surface area (Å²) >= 11 is 0. The minimum absolute atomic E-state index is 0.163. The molecule has 0 fully saturated rings. The van der Waals surface area contributed by atoms with E-state index in [2.05, 4.69) is 16.4 Å². The van der Waals surface area contributed by atoms with Gasteiger partial charge in [-0.15, -0.1) is 0 Å². The van der Waals surface area contributed by atoms with Gasteiger partial charge in [-0.2, -0.15) is 0 Å². The van der Waals surface area contributed by atoms with Crippen molar-refractivity contribution in [2.24, 2.45) is 0 Å². The maximum absolute atomic E-state index is 10.3. The highest BCUT2D eigenvalue weighted by atomic mass is 16.6. The van der Waals surface area contributed by atoms with Crippen LogP contribution >= 0.6 is 0 Å². The lowest BCUT2D eigenvalue weighted by Crippen LogP contribution is -1.82. The van der Waals surface area contributed by atoms with Gasteiger partial charge in [0.25, 0.3) is 5.76 Å². The van der Waals surface area contributed by atoms with Gasteiger partial charge in [0.1, 0.15) is 4.92 Å². The fraction of sp³-hybridized carbons (Fsp3) is 0. The van der Waals surface area contributed by atoms with Crippen LogP contribution in [-0.4, -0.2) is 4.92 Å². The van der Waals surface area contributed by atoms with Gasteiger partial charge in [-0.25, -0.2) is 0 Å². The van der Waals surface area contributed by atoms with Crippen molar-refractivity contribution < 1.29 is 9.34 Å². The zero-order valence-corrected chi connectivity index (χ0v) is 8.61. The molecular formula is C11H7N3O3. The molecule has 0 aliphatic rings. The van der Waals surface area contributed by atoms with Crippen LogP contribution in [0.3, 0.4) is 0 Å². The molecule has 0 spiro atoms. The Morgan fingerprint density at radius 1 is 1.24 bits per heavy atom. The summed E-state index contributed by atoms with van der Waals surface area (Å²) in [6.07, 6.45) is 0. The van der Waals surface area contributed by atoms with E-state index in [1.807, 2.05) is 18.2 Å². The predicted molar refractivity (Wildman–Crippen MR) is 61.2 cm³/mol. The molecule has 2 aromatic rings. The van der Waals surface area contributed by atoms with E-state index in [4.69, 9.17) is 4.42 Å². The quantitative estimate of drug-likeness (QED) is 0.584. The Kier molecular flexibility index (Phi) is 3.03. The summed E-state index contributed by atoms with van der Waals surface area (Å²) in [5.74, 6) is -0.182. The summed E-state index contributed by atoms with van der Waals surface area (Å²) in [6, 6.07) is 14.2. The summed E-state index contributed by atoms with van der Waals surface area (Å²) in [5, 5.41) is 10.3. The molecule has 84 valence electrons. The standard InChI is InChI=1S/C11H7N3O3/c15-14(16)11-7-6-10(17-11)8-12-13-9-4-2-1-3-5-9/h1-7H. The molecule has 1 heterocycles. The molecule has 0 unspecified atom stereocenters. The average molecular weight is 229 g/mol. The number of furan rings is 1. The number of rotatable bonds is 2. The van der Waals surface area contributed by atoms with Gasteiger partial charge in [0.2, 0.25) is 0 Å². The first-order valence-electron chi connectivity index (χ1n) is 4.72. The first-order chi connectivity index (χ1) is 8.25. The van der Waals surface area contributed by atoms with Crippen molar-refractivity contribution in [3.63, 3.8) is 0 Å². The van der Waals surface area contributed by atoms with E-state index in [0.29, 0.717) is 5.69 Å². The van der Waals surface area contributed by atoms with Crippen molar-refractivity contribution in [2.45, 2.75) is 0 Å². The minimum Gasteiger partial charge on any atom is -0.385 e. The fourth-order valence-corrected chi connectivity index (χ4v) is 1.11. The van der Waals surface area contributed by atoms with Gasteiger partial charge in [-0.05, 0) is 0 Å². The van der Waals surface area contributed by atoms with Crippen LogP contribution < -0.4 is 0 Å². The monoisotopic (exact) mass is 229 g/mol. The Balaban J connectivity index is 2.04. The third-order valence-electron chi connectivity index (χ3n) is 1.85. The minimum atomic E-state index is -0.625. The Morgan fingerprint density at radius 3 is 2.65 bits per heavy atom. The van der Waals surface area contributed by atoms with E-state index in [1.54, 1.807) is 12.1 Å². The van der Waals surface area contributed by atoms with Crippen molar-refractivity contribution in [2.75, 3.05) is 0 Å². The Labute approximate surface area is 96.4 Å². The lowest BCUT2D eigenvalue weighted by atomic mass is 10.3. The van der Waals surface area contributed by atoms with Gasteiger partial charge < -0.3 is 4.42 Å². The molecule has 0 aliphatic heterocycles. The van der Waals surface area contributed by atoms with Gasteiger partial charge in [-0.3, -0.25) is 15.5 Å². The van der Waals surface area contributed by atoms with Crippen LogP contribution in [0.2, 0.25) is 0 Å². The molecular weight excluding hydrogens is 222 g/mol. The second-order valence-electron chi connectivity index (χ2n) is 3.04. The summed E-state index contributed by atoms with van der Waals surface area (Å²) in [4.78, 5) is 13.4. The normalized spacial score (nSPS) is 9.18. The molecule has 0 amide bonds. The van der Waals surface area contributed by atoms with Crippen LogP contribution in [0.15, 0.2) is 46.9 Å². The van der Waals surface area contributed by atoms with Crippen LogP contribution in [0, 0.1) is 16.2 Å². The lowest BCUT2D eigenvalue weighted by Gasteiger charge is -1.97. The molecule has 6 heteroatoms. The molecule has 6 nitrogen and oxygen atoms in total. The van der Waals surface area contributed by atoms with Crippen molar-refractivity contribution in [3.05, 3.63) is 68.7 Å². The highest BCUT2D eigenvalue weighted by molar-refractivity contribution is 5.50. The van der Waals surface area contributed by atoms with Crippen LogP contribution in [0.5, 0.6) is 0 Å². The van der Waals surface area contributed by atoms with Crippen LogP contribution in [0.1, 0.15) is 5.76 Å². The fourth-order valence-electron chi connectivity index (χ4n) is 1.11. The number of benzene rings is 1. The van der Waals surface area contributed by atoms with Crippen molar-refractivity contribution >= 4 is 11.6 Å². The zero-order chi connectivity index (χ0) is 12.1. The Hall–Kier alpha value is -2.81. The predicted octanol–water partition coefficient (Wildman–Crippen LogP) is 3.49. The Bertz CT molecular complexity index is 581. The highest BCUT2D eigenvalue weighted by Gasteiger charge is 2.12. The van der Waals surface area contributed by atoms with Gasteiger partial charge >= 0.3 is 12.0 Å². The van der Waals surface area contributed by atoms with Crippen LogP contribution in [-0.2, 0) is 0 Å². The number of nitro groups is 1. The van der Waals surface area contributed by atoms with E-state index in [-0.39, 0.29) is 11.6 Å². The Morgan fingerprint density at radius 2 is 2.00 bits per heavy atom. The first kappa shape index (κ1) is 10.7. The smallest absolute Gasteiger partial charge is 0.385 e. The molecule has 0 radical (unpaired) electrons. The van der Waals surface area contributed by atoms with Crippen molar-refractivity contribution in [1.29, 1.82) is 0 Å². The lowest BCUT2D eigenvalue weighted by molar-refractivity contribution is -0.402. The SMILES string of the molecule is O=[N+]([O-])c1ccc(C#[N+][N-]c2ccccc2)o1. The molecule has 1 aromatic carbocycles. The van der Waals surface area contributed by atoms with Gasteiger partial charge in [0, 0.05) is 6.07 Å². The topological polar surface area (TPSA) is 74.7 Å². The van der Waals surface area contributed by atoms with Crippen molar-refractivity contribution in [3.8, 4) is 6.07 Å². The van der Waals surface area contributed by atoms with E-state index in [9.17, 15) is 10.1 Å². The number of nitrogens with zero attached hydrogens (tertiary/aromatic N) is 3. The number of hydrogen-bond acceptors (Lipinski definition) is 3. The maximum Gasteiger partial charge on any atom is 0.434 e. The molecule has 2 rings (SSSR count). The second-order valence-corrected chi connectivity index (χ2v) is 3.04. The van der Waals surface area contributed by atoms with Gasteiger partial charge in [0.15, 0.2) is 0 Å². The zero-order valence-electron chi connectivity index (χ0n) is 8.61. The van der Waals surface area contributed by atoms with Crippen molar-refractivity contribution in [1.82, 2.24) is 0 Å². The molecule has 0 N–H and O–H groups in total. The van der Waals surface area contributed by atoms with E-state index in [0.717, 1.165) is 0 Å². The summed E-state index contributed by atoms with van der Waals surface area (Å²) in [6.45, 7) is 0. The average Bonchev–Trinajstić information content (AvgIpc) is 2.79. The van der Waals surface area contributed by atoms with E-state index < -0.39 is 4.92 Å². The summed E-state index contributed by atoms with van der Waals surface area (Å²) in [5.41, 5.74) is 4.51. The van der Waals surface area contributed by atoms with Gasteiger partial charge in [-0.1, -0.05) is 41.0 Å². The van der Waals surface area contributed by atoms with Crippen LogP contribution in [0.25, 0.3) is 10.4 Å². The summed E-state index contributed by atoms with van der Waals surface area (Å²) in [7, 11) is 0. The third kappa shape index (κ3) is 2.82. The van der Waals surface area contributed by atoms with Gasteiger partial charge in [0.05, 0.1) is 6.07 Å². The molecule has 0 aliphatic carbocycles. The number of hydrogen-bond donors (Lipinski definition) is 0. The molecule has 0 saturated heterocycles. The first-order valence-corrected chi connectivity index (χ1v) is 4.72. The third-order valence-corrected chi connectivity index (χ3v) is 1.85. The molecule has 1 aromatic heterocycles. The molecule has 0 atom stereocenters. The van der Waals surface area contributed by atoms with Crippen LogP contribution in [0.4, 0.5) is 11.6 Å². The summed E-state index contributed by atoms with van der Waals surface area (Å²) < 4.78 is 4.82. The largest absolute Gasteiger partial charge is 0.434 e. The molecule has 0 saturated carbocycles. The second kappa shape index (κ2) is 4.81. The molecule has 17 heavy (non-hydrogen) atoms. The van der Waals surface area contributed by atoms with E-state index in [1.165, 1.54) is 12.1 Å². The maximum atomic E-state index is 10.3.